The van der Waals surface area contributed by atoms with Gasteiger partial charge in [-0.25, -0.2) is 0 Å². The molecule has 2 aliphatic heterocycles. The van der Waals surface area contributed by atoms with E-state index < -0.39 is 0 Å². The van der Waals surface area contributed by atoms with E-state index in [0.717, 1.165) is 12.6 Å². The maximum atomic E-state index is 6.34. The van der Waals surface area contributed by atoms with Crippen LogP contribution in [0.2, 0.25) is 0 Å². The standard InChI is InChI=1S/C17H35N3/c1-16(2,17(3,4)18)14-19-12-8-15(9-13-19)20-10-6-5-7-11-20/h15H,5-14,18H2,1-4H3. The van der Waals surface area contributed by atoms with Gasteiger partial charge in [0, 0.05) is 18.1 Å². The quantitative estimate of drug-likeness (QED) is 0.860. The zero-order valence-corrected chi connectivity index (χ0v) is 14.1. The molecule has 0 atom stereocenters. The van der Waals surface area contributed by atoms with Crippen molar-refractivity contribution < 1.29 is 0 Å². The molecule has 0 spiro atoms. The van der Waals surface area contributed by atoms with E-state index in [-0.39, 0.29) is 11.0 Å². The number of nitrogens with two attached hydrogens (primary N) is 1. The Labute approximate surface area is 125 Å². The second-order valence-electron chi connectivity index (χ2n) is 8.21. The molecular weight excluding hydrogens is 246 g/mol. The van der Waals surface area contributed by atoms with Crippen molar-refractivity contribution in [2.45, 2.75) is 71.4 Å². The zero-order chi connectivity index (χ0) is 14.8. The van der Waals surface area contributed by atoms with Crippen LogP contribution in [0, 0.1) is 5.41 Å². The Morgan fingerprint density at radius 1 is 0.900 bits per heavy atom. The highest BCUT2D eigenvalue weighted by Crippen LogP contribution is 2.31. The minimum Gasteiger partial charge on any atom is -0.325 e. The van der Waals surface area contributed by atoms with Crippen molar-refractivity contribution in [2.24, 2.45) is 11.1 Å². The van der Waals surface area contributed by atoms with Gasteiger partial charge in [-0.2, -0.15) is 0 Å². The predicted octanol–water partition coefficient (Wildman–Crippen LogP) is 2.70. The molecule has 2 N–H and O–H groups in total. The van der Waals surface area contributed by atoms with Crippen molar-refractivity contribution in [1.82, 2.24) is 9.80 Å². The molecule has 0 aromatic heterocycles. The Hall–Kier alpha value is -0.120. The van der Waals surface area contributed by atoms with E-state index in [9.17, 15) is 0 Å². The Kier molecular flexibility index (Phi) is 5.14. The lowest BCUT2D eigenvalue weighted by atomic mass is 9.74. The van der Waals surface area contributed by atoms with Gasteiger partial charge in [-0.15, -0.1) is 0 Å². The molecular formula is C17H35N3. The molecule has 0 amide bonds. The first-order chi connectivity index (χ1) is 9.29. The molecule has 3 nitrogen and oxygen atoms in total. The van der Waals surface area contributed by atoms with Crippen LogP contribution in [0.25, 0.3) is 0 Å². The highest BCUT2D eigenvalue weighted by atomic mass is 15.2. The molecule has 20 heavy (non-hydrogen) atoms. The van der Waals surface area contributed by atoms with Gasteiger partial charge in [0.05, 0.1) is 0 Å². The summed E-state index contributed by atoms with van der Waals surface area (Å²) in [5, 5.41) is 0. The van der Waals surface area contributed by atoms with Crippen LogP contribution in [0.5, 0.6) is 0 Å². The van der Waals surface area contributed by atoms with Crippen molar-refractivity contribution in [2.75, 3.05) is 32.7 Å². The smallest absolute Gasteiger partial charge is 0.0161 e. The van der Waals surface area contributed by atoms with E-state index in [0.29, 0.717) is 0 Å². The first kappa shape index (κ1) is 16.3. The van der Waals surface area contributed by atoms with Gasteiger partial charge in [0.25, 0.3) is 0 Å². The van der Waals surface area contributed by atoms with Crippen molar-refractivity contribution in [1.29, 1.82) is 0 Å². The van der Waals surface area contributed by atoms with Gasteiger partial charge in [-0.1, -0.05) is 20.3 Å². The molecule has 0 aliphatic carbocycles. The second kappa shape index (κ2) is 6.33. The van der Waals surface area contributed by atoms with Crippen LogP contribution in [0.4, 0.5) is 0 Å². The van der Waals surface area contributed by atoms with Crippen LogP contribution < -0.4 is 5.73 Å². The number of hydrogen-bond donors (Lipinski definition) is 1. The summed E-state index contributed by atoms with van der Waals surface area (Å²) in [4.78, 5) is 5.38. The summed E-state index contributed by atoms with van der Waals surface area (Å²) in [6.07, 6.45) is 6.96. The lowest BCUT2D eigenvalue weighted by Crippen LogP contribution is -2.55. The number of hydrogen-bond acceptors (Lipinski definition) is 3. The lowest BCUT2D eigenvalue weighted by Gasteiger charge is -2.45. The van der Waals surface area contributed by atoms with Crippen LogP contribution in [0.15, 0.2) is 0 Å². The van der Waals surface area contributed by atoms with Gasteiger partial charge in [0.1, 0.15) is 0 Å². The third-order valence-corrected chi connectivity index (χ3v) is 5.83. The topological polar surface area (TPSA) is 32.5 Å². The maximum Gasteiger partial charge on any atom is 0.0161 e. The van der Waals surface area contributed by atoms with Crippen LogP contribution in [0.1, 0.15) is 59.8 Å². The largest absolute Gasteiger partial charge is 0.325 e. The normalized spacial score (nSPS) is 25.1. The van der Waals surface area contributed by atoms with Crippen LogP contribution >= 0.6 is 0 Å². The molecule has 2 saturated heterocycles. The average molecular weight is 281 g/mol. The molecule has 2 heterocycles. The Bertz CT molecular complexity index is 292. The number of likely N-dealkylation sites (tertiary alicyclic amines) is 2. The third kappa shape index (κ3) is 3.96. The SMILES string of the molecule is CC(C)(N)C(C)(C)CN1CCC(N2CCCCC2)CC1. The van der Waals surface area contributed by atoms with E-state index in [1.54, 1.807) is 0 Å². The molecule has 0 bridgehead atoms. The monoisotopic (exact) mass is 281 g/mol. The van der Waals surface area contributed by atoms with Gasteiger partial charge >= 0.3 is 0 Å². The number of piperidine rings is 2. The minimum atomic E-state index is -0.114. The van der Waals surface area contributed by atoms with Gasteiger partial charge < -0.3 is 15.5 Å². The van der Waals surface area contributed by atoms with E-state index in [2.05, 4.69) is 37.5 Å². The fourth-order valence-electron chi connectivity index (χ4n) is 3.49. The molecule has 0 aromatic rings. The molecule has 0 radical (unpaired) electrons. The summed E-state index contributed by atoms with van der Waals surface area (Å²) in [7, 11) is 0. The van der Waals surface area contributed by atoms with E-state index in [4.69, 9.17) is 5.73 Å². The fourth-order valence-corrected chi connectivity index (χ4v) is 3.49. The van der Waals surface area contributed by atoms with E-state index in [1.807, 2.05) is 0 Å². The van der Waals surface area contributed by atoms with E-state index in [1.165, 1.54) is 58.3 Å². The minimum absolute atomic E-state index is 0.114. The highest BCUT2D eigenvalue weighted by Gasteiger charge is 2.36. The first-order valence-electron chi connectivity index (χ1n) is 8.55. The first-order valence-corrected chi connectivity index (χ1v) is 8.55. The van der Waals surface area contributed by atoms with Crippen LogP contribution in [-0.2, 0) is 0 Å². The number of rotatable bonds is 4. The molecule has 0 unspecified atom stereocenters. The van der Waals surface area contributed by atoms with Gasteiger partial charge in [-0.3, -0.25) is 0 Å². The molecule has 3 heteroatoms. The molecule has 118 valence electrons. The third-order valence-electron chi connectivity index (χ3n) is 5.83. The maximum absolute atomic E-state index is 6.34. The summed E-state index contributed by atoms with van der Waals surface area (Å²) < 4.78 is 0. The predicted molar refractivity (Wildman–Crippen MR) is 86.9 cm³/mol. The number of nitrogens with zero attached hydrogens (tertiary/aromatic N) is 2. The Balaban J connectivity index is 1.79. The average Bonchev–Trinajstić information content (AvgIpc) is 2.39. The van der Waals surface area contributed by atoms with E-state index >= 15 is 0 Å². The summed E-state index contributed by atoms with van der Waals surface area (Å²) >= 11 is 0. The highest BCUT2D eigenvalue weighted by molar-refractivity contribution is 4.93. The Morgan fingerprint density at radius 3 is 1.95 bits per heavy atom. The van der Waals surface area contributed by atoms with Crippen LogP contribution in [-0.4, -0.2) is 54.1 Å². The molecule has 2 aliphatic rings. The molecule has 0 saturated carbocycles. The van der Waals surface area contributed by atoms with Crippen molar-refractivity contribution >= 4 is 0 Å². The lowest BCUT2D eigenvalue weighted by molar-refractivity contribution is 0.0561. The van der Waals surface area contributed by atoms with Gasteiger partial charge in [0.2, 0.25) is 0 Å². The fraction of sp³-hybridized carbons (Fsp3) is 1.00. The van der Waals surface area contributed by atoms with Crippen molar-refractivity contribution in [3.05, 3.63) is 0 Å². The summed E-state index contributed by atoms with van der Waals surface area (Å²) in [5.41, 5.74) is 6.40. The van der Waals surface area contributed by atoms with Crippen molar-refractivity contribution in [3.63, 3.8) is 0 Å². The second-order valence-corrected chi connectivity index (χ2v) is 8.21. The van der Waals surface area contributed by atoms with Crippen LogP contribution in [0.3, 0.4) is 0 Å². The molecule has 2 rings (SSSR count). The zero-order valence-electron chi connectivity index (χ0n) is 14.1. The molecule has 0 aromatic carbocycles. The summed E-state index contributed by atoms with van der Waals surface area (Å²) in [5.74, 6) is 0. The summed E-state index contributed by atoms with van der Waals surface area (Å²) in [6, 6.07) is 0.848. The van der Waals surface area contributed by atoms with Gasteiger partial charge in [-0.05, 0) is 71.1 Å². The van der Waals surface area contributed by atoms with Gasteiger partial charge in [0.15, 0.2) is 0 Å². The summed E-state index contributed by atoms with van der Waals surface area (Å²) in [6.45, 7) is 15.2. The Morgan fingerprint density at radius 2 is 1.45 bits per heavy atom. The van der Waals surface area contributed by atoms with Crippen molar-refractivity contribution in [3.8, 4) is 0 Å². The molecule has 2 fully saturated rings.